The van der Waals surface area contributed by atoms with Gasteiger partial charge in [-0.25, -0.2) is 0 Å². The Bertz CT molecular complexity index is 316. The van der Waals surface area contributed by atoms with Crippen LogP contribution < -0.4 is 11.1 Å². The van der Waals surface area contributed by atoms with Crippen molar-refractivity contribution in [3.63, 3.8) is 0 Å². The molecule has 0 aromatic carbocycles. The van der Waals surface area contributed by atoms with Crippen LogP contribution in [0.15, 0.2) is 5.16 Å². The molecule has 0 radical (unpaired) electrons. The van der Waals surface area contributed by atoms with Crippen molar-refractivity contribution in [2.45, 2.75) is 31.7 Å². The highest BCUT2D eigenvalue weighted by molar-refractivity contribution is 7.99. The lowest BCUT2D eigenvalue weighted by Gasteiger charge is -2.21. The number of hydrogen-bond donors (Lipinski definition) is 3. The smallest absolute Gasteiger partial charge is 0.224 e. The van der Waals surface area contributed by atoms with E-state index in [2.05, 4.69) is 10.5 Å². The fourth-order valence-corrected chi connectivity index (χ4v) is 3.82. The van der Waals surface area contributed by atoms with Crippen LogP contribution in [0.25, 0.3) is 0 Å². The van der Waals surface area contributed by atoms with Crippen molar-refractivity contribution in [3.05, 3.63) is 0 Å². The van der Waals surface area contributed by atoms with Gasteiger partial charge in [0.25, 0.3) is 0 Å². The molecule has 17 heavy (non-hydrogen) atoms. The Morgan fingerprint density at radius 2 is 2.24 bits per heavy atom. The monoisotopic (exact) mass is 257 g/mol. The number of carbonyl (C=O) groups is 1. The second-order valence-corrected chi connectivity index (χ2v) is 5.89. The van der Waals surface area contributed by atoms with Crippen LogP contribution in [0.3, 0.4) is 0 Å². The zero-order valence-corrected chi connectivity index (χ0v) is 10.6. The van der Waals surface area contributed by atoms with Crippen LogP contribution in [-0.2, 0) is 4.79 Å². The largest absolute Gasteiger partial charge is 0.409 e. The Morgan fingerprint density at radius 1 is 1.41 bits per heavy atom. The molecule has 1 heterocycles. The molecule has 6 heteroatoms. The van der Waals surface area contributed by atoms with Crippen LogP contribution >= 0.6 is 11.8 Å². The highest BCUT2D eigenvalue weighted by Crippen LogP contribution is 2.28. The molecule has 2 rings (SSSR count). The van der Waals surface area contributed by atoms with Gasteiger partial charge in [-0.05, 0) is 25.0 Å². The molecular weight excluding hydrogens is 238 g/mol. The Labute approximate surface area is 105 Å². The molecule has 0 aromatic heterocycles. The summed E-state index contributed by atoms with van der Waals surface area (Å²) in [5, 5.41) is 14.8. The first-order chi connectivity index (χ1) is 8.22. The minimum atomic E-state index is -0.00185. The second-order valence-electron chi connectivity index (χ2n) is 4.74. The lowest BCUT2D eigenvalue weighted by atomic mass is 10.0. The lowest BCUT2D eigenvalue weighted by molar-refractivity contribution is -0.125. The predicted octanol–water partition coefficient (Wildman–Crippen LogP) is 0.771. The number of nitrogens with one attached hydrogen (secondary N) is 1. The van der Waals surface area contributed by atoms with E-state index in [1.54, 1.807) is 0 Å². The standard InChI is InChI=1S/C11H19N3O2S/c12-10(14-16)8-2-1-3-9(8)13-11(15)7-4-5-17-6-7/h7-9,16H,1-6H2,(H2,12,14)(H,13,15). The van der Waals surface area contributed by atoms with Gasteiger partial charge in [0.2, 0.25) is 5.91 Å². The van der Waals surface area contributed by atoms with Gasteiger partial charge in [0.15, 0.2) is 0 Å². The molecule has 1 aliphatic carbocycles. The molecule has 1 aliphatic heterocycles. The molecule has 96 valence electrons. The maximum absolute atomic E-state index is 12.0. The van der Waals surface area contributed by atoms with Crippen LogP contribution in [0.4, 0.5) is 0 Å². The number of nitrogens with two attached hydrogens (primary N) is 1. The third-order valence-corrected chi connectivity index (χ3v) is 4.80. The minimum absolute atomic E-state index is 0.00185. The molecule has 1 saturated carbocycles. The van der Waals surface area contributed by atoms with Crippen molar-refractivity contribution in [1.29, 1.82) is 0 Å². The van der Waals surface area contributed by atoms with E-state index < -0.39 is 0 Å². The fourth-order valence-electron chi connectivity index (χ4n) is 2.60. The van der Waals surface area contributed by atoms with E-state index in [9.17, 15) is 4.79 Å². The van der Waals surface area contributed by atoms with Gasteiger partial charge in [-0.1, -0.05) is 11.6 Å². The molecule has 1 amide bonds. The van der Waals surface area contributed by atoms with Crippen LogP contribution in [-0.4, -0.2) is 34.5 Å². The van der Waals surface area contributed by atoms with Crippen LogP contribution in [0.1, 0.15) is 25.7 Å². The Hall–Kier alpha value is -0.910. The Morgan fingerprint density at radius 3 is 2.88 bits per heavy atom. The predicted molar refractivity (Wildman–Crippen MR) is 68.1 cm³/mol. The summed E-state index contributed by atoms with van der Waals surface area (Å²) in [6.45, 7) is 0. The van der Waals surface area contributed by atoms with Gasteiger partial charge in [-0.15, -0.1) is 0 Å². The summed E-state index contributed by atoms with van der Waals surface area (Å²) in [4.78, 5) is 12.0. The topological polar surface area (TPSA) is 87.7 Å². The Balaban J connectivity index is 1.91. The SMILES string of the molecule is NC(=NO)C1CCCC1NC(=O)C1CCSC1. The Kier molecular flexibility index (Phi) is 4.15. The van der Waals surface area contributed by atoms with Gasteiger partial charge in [-0.2, -0.15) is 11.8 Å². The van der Waals surface area contributed by atoms with Gasteiger partial charge in [0.05, 0.1) is 0 Å². The van der Waals surface area contributed by atoms with Gasteiger partial charge in [0, 0.05) is 23.6 Å². The van der Waals surface area contributed by atoms with Crippen molar-refractivity contribution < 1.29 is 10.0 Å². The summed E-state index contributed by atoms with van der Waals surface area (Å²) >= 11 is 1.83. The summed E-state index contributed by atoms with van der Waals surface area (Å²) in [6.07, 6.45) is 3.80. The molecule has 2 fully saturated rings. The number of thioether (sulfide) groups is 1. The quantitative estimate of drug-likeness (QED) is 0.301. The first-order valence-electron chi connectivity index (χ1n) is 6.08. The van der Waals surface area contributed by atoms with E-state index in [4.69, 9.17) is 10.9 Å². The van der Waals surface area contributed by atoms with Crippen molar-refractivity contribution in [1.82, 2.24) is 5.32 Å². The van der Waals surface area contributed by atoms with Gasteiger partial charge in [-0.3, -0.25) is 4.79 Å². The van der Waals surface area contributed by atoms with Crippen LogP contribution in [0, 0.1) is 11.8 Å². The maximum atomic E-state index is 12.0. The molecule has 3 unspecified atom stereocenters. The molecule has 0 aromatic rings. The number of rotatable bonds is 3. The lowest BCUT2D eigenvalue weighted by Crippen LogP contribution is -2.44. The van der Waals surface area contributed by atoms with E-state index in [1.165, 1.54) is 0 Å². The van der Waals surface area contributed by atoms with Gasteiger partial charge >= 0.3 is 0 Å². The molecule has 2 aliphatic rings. The van der Waals surface area contributed by atoms with Crippen molar-refractivity contribution in [2.24, 2.45) is 22.7 Å². The van der Waals surface area contributed by atoms with E-state index in [0.29, 0.717) is 0 Å². The maximum Gasteiger partial charge on any atom is 0.224 e. The van der Waals surface area contributed by atoms with E-state index >= 15 is 0 Å². The molecule has 5 nitrogen and oxygen atoms in total. The first-order valence-corrected chi connectivity index (χ1v) is 7.23. The molecule has 1 saturated heterocycles. The van der Waals surface area contributed by atoms with Crippen molar-refractivity contribution >= 4 is 23.5 Å². The van der Waals surface area contributed by atoms with E-state index in [0.717, 1.165) is 37.2 Å². The molecule has 3 atom stereocenters. The van der Waals surface area contributed by atoms with Crippen molar-refractivity contribution in [3.8, 4) is 0 Å². The molecular formula is C11H19N3O2S. The van der Waals surface area contributed by atoms with Crippen molar-refractivity contribution in [2.75, 3.05) is 11.5 Å². The van der Waals surface area contributed by atoms with E-state index in [-0.39, 0.29) is 29.6 Å². The zero-order valence-electron chi connectivity index (χ0n) is 9.76. The fraction of sp³-hybridized carbons (Fsp3) is 0.818. The summed E-state index contributed by atoms with van der Waals surface area (Å²) in [6, 6.07) is 0.0454. The summed E-state index contributed by atoms with van der Waals surface area (Å²) in [5.41, 5.74) is 5.64. The average molecular weight is 257 g/mol. The molecule has 0 spiro atoms. The normalized spacial score (nSPS) is 33.9. The summed E-state index contributed by atoms with van der Waals surface area (Å²) in [7, 11) is 0. The third-order valence-electron chi connectivity index (χ3n) is 3.64. The van der Waals surface area contributed by atoms with E-state index in [1.807, 2.05) is 11.8 Å². The first kappa shape index (κ1) is 12.5. The molecule has 4 N–H and O–H groups in total. The minimum Gasteiger partial charge on any atom is -0.409 e. The third kappa shape index (κ3) is 2.86. The van der Waals surface area contributed by atoms with Crippen LogP contribution in [0.2, 0.25) is 0 Å². The number of amides is 1. The average Bonchev–Trinajstić information content (AvgIpc) is 2.98. The highest BCUT2D eigenvalue weighted by Gasteiger charge is 2.33. The number of nitrogens with zero attached hydrogens (tertiary/aromatic N) is 1. The number of hydrogen-bond acceptors (Lipinski definition) is 4. The van der Waals surface area contributed by atoms with Crippen LogP contribution in [0.5, 0.6) is 0 Å². The van der Waals surface area contributed by atoms with Gasteiger partial charge < -0.3 is 16.3 Å². The number of carbonyl (C=O) groups excluding carboxylic acids is 1. The zero-order chi connectivity index (χ0) is 12.3. The highest BCUT2D eigenvalue weighted by atomic mass is 32.2. The second kappa shape index (κ2) is 5.62. The molecule has 0 bridgehead atoms. The number of oxime groups is 1. The summed E-state index contributed by atoms with van der Waals surface area (Å²) < 4.78 is 0. The van der Waals surface area contributed by atoms with Gasteiger partial charge in [0.1, 0.15) is 5.84 Å². The number of amidine groups is 1. The summed E-state index contributed by atoms with van der Waals surface area (Å²) in [5.74, 6) is 2.52.